The van der Waals surface area contributed by atoms with Gasteiger partial charge in [-0.15, -0.1) is 0 Å². The number of non-ortho nitro benzene ring substituents is 1. The fraction of sp³-hybridized carbons (Fsp3) is 0.0769. The third kappa shape index (κ3) is 4.57. The molecule has 0 radical (unpaired) electrons. The zero-order valence-electron chi connectivity index (χ0n) is 17.8. The van der Waals surface area contributed by atoms with Gasteiger partial charge in [-0.3, -0.25) is 14.9 Å². The number of para-hydroxylation sites is 1. The van der Waals surface area contributed by atoms with Crippen LogP contribution in [0.2, 0.25) is 0 Å². The van der Waals surface area contributed by atoms with Crippen LogP contribution >= 0.6 is 0 Å². The Labute approximate surface area is 189 Å². The van der Waals surface area contributed by atoms with Gasteiger partial charge < -0.3 is 9.30 Å². The second-order valence-corrected chi connectivity index (χ2v) is 7.38. The van der Waals surface area contributed by atoms with Gasteiger partial charge in [0.2, 0.25) is 5.78 Å². The fourth-order valence-corrected chi connectivity index (χ4v) is 3.74. The van der Waals surface area contributed by atoms with E-state index in [2.05, 4.69) is 0 Å². The van der Waals surface area contributed by atoms with Crippen LogP contribution in [0.1, 0.15) is 15.9 Å². The van der Waals surface area contributed by atoms with Crippen molar-refractivity contribution in [1.29, 1.82) is 0 Å². The number of Topliss-reactive ketones (excluding diaryl/α,β-unsaturated/α-hetero) is 1. The number of carbonyl (C=O) groups is 2. The van der Waals surface area contributed by atoms with Crippen molar-refractivity contribution >= 4 is 34.4 Å². The van der Waals surface area contributed by atoms with E-state index in [1.165, 1.54) is 36.4 Å². The molecule has 0 saturated carbocycles. The molecule has 4 rings (SSSR count). The molecule has 0 aliphatic rings. The third-order valence-electron chi connectivity index (χ3n) is 5.29. The lowest BCUT2D eigenvalue weighted by atomic mass is 10.0. The minimum Gasteiger partial charge on any atom is -0.454 e. The molecule has 0 saturated heterocycles. The summed E-state index contributed by atoms with van der Waals surface area (Å²) >= 11 is 0. The maximum Gasteiger partial charge on any atom is 0.331 e. The Morgan fingerprint density at radius 3 is 2.33 bits per heavy atom. The molecule has 7 nitrogen and oxygen atoms in total. The molecule has 0 aliphatic heterocycles. The van der Waals surface area contributed by atoms with Crippen LogP contribution < -0.4 is 0 Å². The first-order valence-electron chi connectivity index (χ1n) is 10.2. The quantitative estimate of drug-likeness (QED) is 0.130. The highest BCUT2D eigenvalue weighted by atomic mass is 16.6. The highest BCUT2D eigenvalue weighted by Crippen LogP contribution is 2.33. The third-order valence-corrected chi connectivity index (χ3v) is 5.29. The van der Waals surface area contributed by atoms with Gasteiger partial charge in [0.25, 0.3) is 5.69 Å². The highest BCUT2D eigenvalue weighted by molar-refractivity contribution is 6.14. The van der Waals surface area contributed by atoms with Crippen LogP contribution in [-0.2, 0) is 16.6 Å². The maximum atomic E-state index is 13.2. The average Bonchev–Trinajstić information content (AvgIpc) is 3.14. The molecule has 0 spiro atoms. The van der Waals surface area contributed by atoms with E-state index in [0.717, 1.165) is 22.2 Å². The Kier molecular flexibility index (Phi) is 6.13. The van der Waals surface area contributed by atoms with E-state index in [0.29, 0.717) is 11.1 Å². The van der Waals surface area contributed by atoms with E-state index in [1.807, 2.05) is 66.2 Å². The van der Waals surface area contributed by atoms with Crippen molar-refractivity contribution in [3.05, 3.63) is 106 Å². The Hall–Kier alpha value is -4.52. The molecule has 4 aromatic rings. The van der Waals surface area contributed by atoms with Crippen molar-refractivity contribution in [3.63, 3.8) is 0 Å². The van der Waals surface area contributed by atoms with Crippen LogP contribution in [0, 0.1) is 10.1 Å². The fourth-order valence-electron chi connectivity index (χ4n) is 3.74. The Morgan fingerprint density at radius 2 is 1.64 bits per heavy atom. The van der Waals surface area contributed by atoms with Gasteiger partial charge in [0, 0.05) is 36.2 Å². The zero-order valence-corrected chi connectivity index (χ0v) is 17.8. The van der Waals surface area contributed by atoms with E-state index in [9.17, 15) is 19.7 Å². The first-order chi connectivity index (χ1) is 16.0. The molecule has 33 heavy (non-hydrogen) atoms. The van der Waals surface area contributed by atoms with Crippen LogP contribution in [0.5, 0.6) is 0 Å². The summed E-state index contributed by atoms with van der Waals surface area (Å²) in [5.41, 5.74) is 3.63. The summed E-state index contributed by atoms with van der Waals surface area (Å²) in [6.45, 7) is -0.405. The molecule has 3 aromatic carbocycles. The molecular weight excluding hydrogens is 420 g/mol. The summed E-state index contributed by atoms with van der Waals surface area (Å²) in [5, 5.41) is 11.5. The van der Waals surface area contributed by atoms with Gasteiger partial charge in [-0.25, -0.2) is 4.79 Å². The second-order valence-electron chi connectivity index (χ2n) is 7.38. The molecule has 1 heterocycles. The normalized spacial score (nSPS) is 11.1. The summed E-state index contributed by atoms with van der Waals surface area (Å²) < 4.78 is 7.16. The molecule has 0 N–H and O–H groups in total. The minimum atomic E-state index is -0.678. The summed E-state index contributed by atoms with van der Waals surface area (Å²) in [6, 6.07) is 22.9. The molecule has 0 aliphatic carbocycles. The zero-order chi connectivity index (χ0) is 23.4. The summed E-state index contributed by atoms with van der Waals surface area (Å²) in [7, 11) is 1.90. The predicted octanol–water partition coefficient (Wildman–Crippen LogP) is 5.19. The van der Waals surface area contributed by atoms with Crippen LogP contribution in [0.25, 0.3) is 28.2 Å². The van der Waals surface area contributed by atoms with Crippen LogP contribution in [0.3, 0.4) is 0 Å². The molecule has 164 valence electrons. The summed E-state index contributed by atoms with van der Waals surface area (Å²) in [4.78, 5) is 35.6. The van der Waals surface area contributed by atoms with E-state index >= 15 is 0 Å². The number of rotatable bonds is 7. The number of esters is 1. The Bertz CT molecular complexity index is 1370. The Morgan fingerprint density at radius 1 is 0.970 bits per heavy atom. The lowest BCUT2D eigenvalue weighted by Crippen LogP contribution is -2.13. The molecule has 0 bridgehead atoms. The monoisotopic (exact) mass is 440 g/mol. The Balaban J connectivity index is 1.53. The number of aryl methyl sites for hydroxylation is 1. The summed E-state index contributed by atoms with van der Waals surface area (Å²) in [5.74, 6) is -0.981. The van der Waals surface area contributed by atoms with Crippen LogP contribution in [0.15, 0.2) is 84.9 Å². The first-order valence-corrected chi connectivity index (χ1v) is 10.2. The highest BCUT2D eigenvalue weighted by Gasteiger charge is 2.22. The van der Waals surface area contributed by atoms with Crippen molar-refractivity contribution in [2.24, 2.45) is 7.05 Å². The number of carbonyl (C=O) groups excluding carboxylic acids is 2. The molecule has 0 unspecified atom stereocenters. The average molecular weight is 440 g/mol. The first kappa shape index (κ1) is 21.7. The van der Waals surface area contributed by atoms with E-state index in [4.69, 9.17) is 4.74 Å². The van der Waals surface area contributed by atoms with Crippen molar-refractivity contribution in [3.8, 4) is 11.3 Å². The SMILES string of the molecule is Cn1c(-c2ccccc2)c(C(=O)COC(=O)C=Cc2ccc([N+](=O)[O-])cc2)c2ccccc21. The van der Waals surface area contributed by atoms with E-state index < -0.39 is 17.5 Å². The van der Waals surface area contributed by atoms with Gasteiger partial charge >= 0.3 is 5.97 Å². The van der Waals surface area contributed by atoms with Crippen molar-refractivity contribution in [2.45, 2.75) is 0 Å². The lowest BCUT2D eigenvalue weighted by Gasteiger charge is -2.08. The van der Waals surface area contributed by atoms with Crippen LogP contribution in [0.4, 0.5) is 5.69 Å². The van der Waals surface area contributed by atoms with Gasteiger partial charge in [-0.1, -0.05) is 48.5 Å². The smallest absolute Gasteiger partial charge is 0.331 e. The minimum absolute atomic E-state index is 0.0374. The van der Waals surface area contributed by atoms with Crippen molar-refractivity contribution in [2.75, 3.05) is 6.61 Å². The number of benzene rings is 3. The number of ether oxygens (including phenoxy) is 1. The molecular formula is C26H20N2O5. The topological polar surface area (TPSA) is 91.4 Å². The molecule has 0 fully saturated rings. The number of hydrogen-bond acceptors (Lipinski definition) is 5. The molecule has 7 heteroatoms. The number of aromatic nitrogens is 1. The number of nitrogens with zero attached hydrogens (tertiary/aromatic N) is 2. The molecule has 1 aromatic heterocycles. The number of ketones is 1. The van der Waals surface area contributed by atoms with Gasteiger partial charge in [-0.2, -0.15) is 0 Å². The van der Waals surface area contributed by atoms with Gasteiger partial charge in [0.15, 0.2) is 6.61 Å². The van der Waals surface area contributed by atoms with Gasteiger partial charge in [0.05, 0.1) is 16.2 Å². The van der Waals surface area contributed by atoms with E-state index in [-0.39, 0.29) is 11.5 Å². The predicted molar refractivity (Wildman–Crippen MR) is 126 cm³/mol. The number of nitro benzene ring substituents is 1. The largest absolute Gasteiger partial charge is 0.454 e. The molecule has 0 amide bonds. The summed E-state index contributed by atoms with van der Waals surface area (Å²) in [6.07, 6.45) is 2.67. The van der Waals surface area contributed by atoms with Crippen molar-refractivity contribution < 1.29 is 19.2 Å². The van der Waals surface area contributed by atoms with E-state index in [1.54, 1.807) is 0 Å². The number of nitro groups is 1. The number of fused-ring (bicyclic) bond motifs is 1. The van der Waals surface area contributed by atoms with Gasteiger partial charge in [0.1, 0.15) is 0 Å². The van der Waals surface area contributed by atoms with Gasteiger partial charge in [-0.05, 0) is 35.4 Å². The van der Waals surface area contributed by atoms with Crippen LogP contribution in [-0.4, -0.2) is 27.8 Å². The molecule has 0 atom stereocenters. The van der Waals surface area contributed by atoms with Crippen molar-refractivity contribution in [1.82, 2.24) is 4.57 Å². The maximum absolute atomic E-state index is 13.2. The lowest BCUT2D eigenvalue weighted by molar-refractivity contribution is -0.384. The number of hydrogen-bond donors (Lipinski definition) is 0. The standard InChI is InChI=1S/C26H20N2O5/c1-27-22-10-6-5-9-21(22)25(26(27)19-7-3-2-4-8-19)23(29)17-33-24(30)16-13-18-11-14-20(15-12-18)28(31)32/h2-16H,17H2,1H3. The second kappa shape index (κ2) is 9.32.